The summed E-state index contributed by atoms with van der Waals surface area (Å²) < 4.78 is 5.80. The van der Waals surface area contributed by atoms with Crippen molar-refractivity contribution in [3.63, 3.8) is 0 Å². The highest BCUT2D eigenvalue weighted by Gasteiger charge is 2.44. The fourth-order valence-electron chi connectivity index (χ4n) is 6.15. The molecule has 4 aromatic rings. The molecule has 0 saturated carbocycles. The fourth-order valence-corrected chi connectivity index (χ4v) is 6.15. The van der Waals surface area contributed by atoms with E-state index in [1.54, 1.807) is 30.3 Å². The number of piperidine rings is 1. The maximum absolute atomic E-state index is 13.0. The highest BCUT2D eigenvalue weighted by molar-refractivity contribution is 6.23. The third-order valence-corrected chi connectivity index (χ3v) is 8.91. The van der Waals surface area contributed by atoms with Crippen molar-refractivity contribution in [1.29, 1.82) is 0 Å². The molecule has 1 fully saturated rings. The summed E-state index contributed by atoms with van der Waals surface area (Å²) in [6.45, 7) is 0.869. The van der Waals surface area contributed by atoms with Gasteiger partial charge >= 0.3 is 6.03 Å². The zero-order valence-corrected chi connectivity index (χ0v) is 29.2. The van der Waals surface area contributed by atoms with Gasteiger partial charge in [-0.3, -0.25) is 39.0 Å². The zero-order valence-electron chi connectivity index (χ0n) is 29.2. The minimum Gasteiger partial charge on any atom is -0.494 e. The Hall–Kier alpha value is -6.77. The number of aromatic nitrogens is 1. The van der Waals surface area contributed by atoms with Gasteiger partial charge in [-0.1, -0.05) is 25.3 Å². The maximum Gasteiger partial charge on any atom is 0.323 e. The van der Waals surface area contributed by atoms with Crippen LogP contribution in [0.4, 0.5) is 21.9 Å². The molecule has 2 aliphatic rings. The highest BCUT2D eigenvalue weighted by Crippen LogP contribution is 2.30. The highest BCUT2D eigenvalue weighted by atomic mass is 16.5. The van der Waals surface area contributed by atoms with Crippen LogP contribution in [0.3, 0.4) is 0 Å². The fraction of sp³-hybridized carbons (Fsp3) is 0.256. The van der Waals surface area contributed by atoms with Gasteiger partial charge in [0, 0.05) is 53.9 Å². The van der Waals surface area contributed by atoms with Crippen LogP contribution in [-0.2, 0) is 19.2 Å². The molecule has 15 heteroatoms. The Morgan fingerprint density at radius 2 is 1.43 bits per heavy atom. The first kappa shape index (κ1) is 37.0. The second kappa shape index (κ2) is 17.2. The van der Waals surface area contributed by atoms with Crippen molar-refractivity contribution >= 4 is 69.4 Å². The molecule has 1 saturated heterocycles. The van der Waals surface area contributed by atoms with E-state index in [1.807, 2.05) is 30.5 Å². The summed E-state index contributed by atoms with van der Waals surface area (Å²) in [5.41, 5.74) is 2.95. The second-order valence-corrected chi connectivity index (χ2v) is 12.8. The Labute approximate surface area is 309 Å². The van der Waals surface area contributed by atoms with E-state index in [0.29, 0.717) is 36.0 Å². The number of anilines is 3. The lowest BCUT2D eigenvalue weighted by Gasteiger charge is -2.27. The van der Waals surface area contributed by atoms with Crippen molar-refractivity contribution in [2.24, 2.45) is 0 Å². The average Bonchev–Trinajstić information content (AvgIpc) is 3.72. The standard InChI is InChI=1S/C39H39N7O8/c47-33(16-17-34(48)42-25-8-10-26(11-9-25)43-39(53)44-27-7-6-24-18-20-40-31(24)22-27)41-19-4-2-1-3-5-21-54-28-12-13-29-30(23-28)38(52)46(37(29)51)32-14-15-35(49)45-36(32)50/h6-13,16-18,20,22-23,32,40H,1-5,14-15,19,21H2,(H,41,47)(H,42,48)(H2,43,44,53)(H,45,49,50)/b17-16+. The van der Waals surface area contributed by atoms with Gasteiger partial charge in [-0.25, -0.2) is 4.79 Å². The van der Waals surface area contributed by atoms with Gasteiger partial charge in [-0.05, 0) is 85.3 Å². The van der Waals surface area contributed by atoms with Crippen molar-refractivity contribution in [3.8, 4) is 5.75 Å². The van der Waals surface area contributed by atoms with Crippen LogP contribution in [0.5, 0.6) is 5.75 Å². The first-order valence-corrected chi connectivity index (χ1v) is 17.6. The molecule has 1 atom stereocenters. The maximum atomic E-state index is 13.0. The quantitative estimate of drug-likeness (QED) is 0.0564. The average molecular weight is 734 g/mol. The van der Waals surface area contributed by atoms with E-state index in [2.05, 4.69) is 31.6 Å². The molecule has 8 amide bonds. The molecular formula is C39H39N7O8. The van der Waals surface area contributed by atoms with Gasteiger partial charge in [-0.15, -0.1) is 0 Å². The van der Waals surface area contributed by atoms with Gasteiger partial charge in [0.2, 0.25) is 23.6 Å². The third-order valence-electron chi connectivity index (χ3n) is 8.91. The SMILES string of the molecule is O=C(/C=C/C(=O)Nc1ccc(NC(=O)Nc2ccc3cc[nH]c3c2)cc1)NCCCCCCCOc1ccc2c(c1)C(=O)N(C1CCC(=O)NC1=O)C2=O. The van der Waals surface area contributed by atoms with E-state index in [-0.39, 0.29) is 29.9 Å². The molecule has 54 heavy (non-hydrogen) atoms. The number of urea groups is 1. The van der Waals surface area contributed by atoms with Crippen molar-refractivity contribution in [2.75, 3.05) is 29.1 Å². The lowest BCUT2D eigenvalue weighted by Crippen LogP contribution is -2.54. The lowest BCUT2D eigenvalue weighted by atomic mass is 10.0. The number of amides is 8. The van der Waals surface area contributed by atoms with Gasteiger partial charge in [0.05, 0.1) is 17.7 Å². The van der Waals surface area contributed by atoms with Crippen LogP contribution in [0.2, 0.25) is 0 Å². The topological polar surface area (TPSA) is 208 Å². The molecule has 1 aromatic heterocycles. The van der Waals surface area contributed by atoms with Crippen molar-refractivity contribution in [3.05, 3.63) is 96.2 Å². The van der Waals surface area contributed by atoms with Gasteiger partial charge in [0.1, 0.15) is 11.8 Å². The van der Waals surface area contributed by atoms with Crippen LogP contribution in [0.1, 0.15) is 65.7 Å². The number of carbonyl (C=O) groups excluding carboxylic acids is 7. The molecule has 278 valence electrons. The number of rotatable bonds is 15. The summed E-state index contributed by atoms with van der Waals surface area (Å²) in [6.07, 6.45) is 8.51. The van der Waals surface area contributed by atoms with Crippen LogP contribution in [0.15, 0.2) is 85.1 Å². The van der Waals surface area contributed by atoms with E-state index < -0.39 is 41.6 Å². The van der Waals surface area contributed by atoms with Gasteiger partial charge in [-0.2, -0.15) is 0 Å². The minimum absolute atomic E-state index is 0.0566. The number of benzene rings is 3. The normalized spacial score (nSPS) is 15.3. The van der Waals surface area contributed by atoms with Crippen LogP contribution in [0, 0.1) is 0 Å². The van der Waals surface area contributed by atoms with Crippen molar-refractivity contribution in [1.82, 2.24) is 20.5 Å². The molecule has 6 N–H and O–H groups in total. The number of ether oxygens (including phenoxy) is 1. The van der Waals surface area contributed by atoms with Crippen LogP contribution in [-0.4, -0.2) is 70.6 Å². The summed E-state index contributed by atoms with van der Waals surface area (Å²) in [4.78, 5) is 90.4. The summed E-state index contributed by atoms with van der Waals surface area (Å²) in [5, 5.41) is 14.2. The third kappa shape index (κ3) is 9.36. The number of carbonyl (C=O) groups is 7. The van der Waals surface area contributed by atoms with Crippen LogP contribution < -0.4 is 31.3 Å². The predicted molar refractivity (Wildman–Crippen MR) is 200 cm³/mol. The molecule has 2 aliphatic heterocycles. The Morgan fingerprint density at radius 3 is 2.22 bits per heavy atom. The van der Waals surface area contributed by atoms with E-state index in [0.717, 1.165) is 54.0 Å². The molecule has 0 aliphatic carbocycles. The Morgan fingerprint density at radius 1 is 0.741 bits per heavy atom. The number of fused-ring (bicyclic) bond motifs is 2. The summed E-state index contributed by atoms with van der Waals surface area (Å²) in [7, 11) is 0. The van der Waals surface area contributed by atoms with Gasteiger partial charge < -0.3 is 31.0 Å². The van der Waals surface area contributed by atoms with E-state index in [1.165, 1.54) is 18.2 Å². The monoisotopic (exact) mass is 733 g/mol. The van der Waals surface area contributed by atoms with Gasteiger partial charge in [0.15, 0.2) is 0 Å². The molecule has 3 heterocycles. The van der Waals surface area contributed by atoms with Crippen molar-refractivity contribution in [2.45, 2.75) is 51.0 Å². The van der Waals surface area contributed by atoms with E-state index in [4.69, 9.17) is 4.74 Å². The molecule has 0 bridgehead atoms. The molecule has 0 radical (unpaired) electrons. The van der Waals surface area contributed by atoms with Crippen LogP contribution in [0.25, 0.3) is 10.9 Å². The predicted octanol–water partition coefficient (Wildman–Crippen LogP) is 4.85. The number of hydrogen-bond acceptors (Lipinski definition) is 8. The number of H-pyrrole nitrogens is 1. The summed E-state index contributed by atoms with van der Waals surface area (Å²) in [5.74, 6) is -2.63. The van der Waals surface area contributed by atoms with Gasteiger partial charge in [0.25, 0.3) is 11.8 Å². The number of unbranched alkanes of at least 4 members (excludes halogenated alkanes) is 4. The Bertz CT molecular complexity index is 2120. The zero-order chi connectivity index (χ0) is 38.0. The molecule has 0 spiro atoms. The number of hydrogen-bond donors (Lipinski definition) is 6. The largest absolute Gasteiger partial charge is 0.494 e. The first-order valence-electron chi connectivity index (χ1n) is 17.6. The number of aromatic amines is 1. The first-order chi connectivity index (χ1) is 26.1. The number of nitrogens with one attached hydrogen (secondary N) is 6. The number of imide groups is 2. The smallest absolute Gasteiger partial charge is 0.323 e. The Kier molecular flexibility index (Phi) is 11.8. The second-order valence-electron chi connectivity index (χ2n) is 12.8. The lowest BCUT2D eigenvalue weighted by molar-refractivity contribution is -0.136. The summed E-state index contributed by atoms with van der Waals surface area (Å²) in [6, 6.07) is 17.3. The molecular weight excluding hydrogens is 694 g/mol. The summed E-state index contributed by atoms with van der Waals surface area (Å²) >= 11 is 0. The molecule has 1 unspecified atom stereocenters. The molecule has 6 rings (SSSR count). The minimum atomic E-state index is -1.02. The van der Waals surface area contributed by atoms with E-state index >= 15 is 0 Å². The Balaban J connectivity index is 0.810. The van der Waals surface area contributed by atoms with Crippen molar-refractivity contribution < 1.29 is 38.3 Å². The van der Waals surface area contributed by atoms with E-state index in [9.17, 15) is 33.6 Å². The number of nitrogens with zero attached hydrogens (tertiary/aromatic N) is 1. The molecule has 3 aromatic carbocycles. The van der Waals surface area contributed by atoms with Crippen LogP contribution >= 0.6 is 0 Å². The molecule has 15 nitrogen and oxygen atoms in total.